The number of rotatable bonds is 3. The summed E-state index contributed by atoms with van der Waals surface area (Å²) in [6, 6.07) is 15.6. The van der Waals surface area contributed by atoms with Gasteiger partial charge in [0.2, 0.25) is 5.89 Å². The molecule has 3 rings (SSSR count). The van der Waals surface area contributed by atoms with Crippen molar-refractivity contribution in [1.82, 2.24) is 10.3 Å². The molecule has 108 valence electrons. The number of hydrogen-bond donors (Lipinski definition) is 1. The van der Waals surface area contributed by atoms with Crippen LogP contribution >= 0.6 is 0 Å². The van der Waals surface area contributed by atoms with E-state index in [1.807, 2.05) is 30.3 Å². The molecule has 0 bridgehead atoms. The van der Waals surface area contributed by atoms with Crippen molar-refractivity contribution in [2.45, 2.75) is 13.0 Å². The van der Waals surface area contributed by atoms with Crippen molar-refractivity contribution >= 4 is 17.0 Å². The van der Waals surface area contributed by atoms with Crippen LogP contribution in [0.5, 0.6) is 0 Å². The summed E-state index contributed by atoms with van der Waals surface area (Å²) in [5, 5.41) is 11.7. The lowest BCUT2D eigenvalue weighted by Crippen LogP contribution is -2.26. The van der Waals surface area contributed by atoms with E-state index in [4.69, 9.17) is 9.68 Å². The van der Waals surface area contributed by atoms with E-state index in [0.717, 1.165) is 5.52 Å². The van der Waals surface area contributed by atoms with Crippen molar-refractivity contribution in [2.24, 2.45) is 0 Å². The van der Waals surface area contributed by atoms with Gasteiger partial charge in [0.1, 0.15) is 11.6 Å². The molecule has 5 nitrogen and oxygen atoms in total. The molecule has 0 fully saturated rings. The highest BCUT2D eigenvalue weighted by Crippen LogP contribution is 2.20. The van der Waals surface area contributed by atoms with Crippen LogP contribution < -0.4 is 5.32 Å². The smallest absolute Gasteiger partial charge is 0.251 e. The minimum absolute atomic E-state index is 0.271. The molecule has 2 aromatic carbocycles. The average Bonchev–Trinajstić information content (AvgIpc) is 2.99. The van der Waals surface area contributed by atoms with Crippen molar-refractivity contribution in [1.29, 1.82) is 5.26 Å². The maximum Gasteiger partial charge on any atom is 0.251 e. The minimum atomic E-state index is -0.370. The van der Waals surface area contributed by atoms with Crippen molar-refractivity contribution in [3.63, 3.8) is 0 Å². The van der Waals surface area contributed by atoms with Gasteiger partial charge in [-0.1, -0.05) is 18.2 Å². The number of carbonyl (C=O) groups excluding carboxylic acids is 1. The Morgan fingerprint density at radius 3 is 2.86 bits per heavy atom. The highest BCUT2D eigenvalue weighted by atomic mass is 16.3. The van der Waals surface area contributed by atoms with Crippen molar-refractivity contribution in [3.05, 3.63) is 65.5 Å². The SMILES string of the molecule is CC(NC(=O)c1cccc(C#N)c1)c1nc2ccccc2o1. The number of fused-ring (bicyclic) bond motifs is 1. The molecule has 1 atom stereocenters. The van der Waals surface area contributed by atoms with Crippen LogP contribution in [0.15, 0.2) is 52.9 Å². The quantitative estimate of drug-likeness (QED) is 0.803. The lowest BCUT2D eigenvalue weighted by molar-refractivity contribution is 0.0934. The van der Waals surface area contributed by atoms with Gasteiger partial charge in [0, 0.05) is 5.56 Å². The molecule has 0 aliphatic carbocycles. The molecular weight excluding hydrogens is 278 g/mol. The molecule has 0 saturated carbocycles. The van der Waals surface area contributed by atoms with Crippen LogP contribution in [0.1, 0.15) is 34.8 Å². The summed E-state index contributed by atoms with van der Waals surface area (Å²) in [5.74, 6) is 0.179. The number of nitrogens with one attached hydrogen (secondary N) is 1. The summed E-state index contributed by atoms with van der Waals surface area (Å²) in [6.07, 6.45) is 0. The van der Waals surface area contributed by atoms with Crippen LogP contribution in [0.3, 0.4) is 0 Å². The third-order valence-electron chi connectivity index (χ3n) is 3.28. The second-order valence-electron chi connectivity index (χ2n) is 4.91. The predicted molar refractivity (Wildman–Crippen MR) is 81.0 cm³/mol. The molecule has 0 spiro atoms. The van der Waals surface area contributed by atoms with Crippen molar-refractivity contribution in [2.75, 3.05) is 0 Å². The highest BCUT2D eigenvalue weighted by molar-refractivity contribution is 5.94. The van der Waals surface area contributed by atoms with Crippen molar-refractivity contribution in [3.8, 4) is 6.07 Å². The molecule has 1 unspecified atom stereocenters. The number of benzene rings is 2. The number of para-hydroxylation sites is 2. The fourth-order valence-electron chi connectivity index (χ4n) is 2.15. The first kappa shape index (κ1) is 13.8. The summed E-state index contributed by atoms with van der Waals surface area (Å²) in [7, 11) is 0. The van der Waals surface area contributed by atoms with Gasteiger partial charge in [-0.3, -0.25) is 4.79 Å². The Morgan fingerprint density at radius 2 is 2.09 bits per heavy atom. The molecule has 1 heterocycles. The van der Waals surface area contributed by atoms with Gasteiger partial charge in [-0.15, -0.1) is 0 Å². The maximum absolute atomic E-state index is 12.2. The second kappa shape index (κ2) is 5.70. The first-order chi connectivity index (χ1) is 10.7. The Labute approximate surface area is 127 Å². The molecule has 3 aromatic rings. The van der Waals surface area contributed by atoms with Gasteiger partial charge in [0.25, 0.3) is 5.91 Å². The Hall–Kier alpha value is -3.13. The van der Waals surface area contributed by atoms with E-state index >= 15 is 0 Å². The topological polar surface area (TPSA) is 78.9 Å². The highest BCUT2D eigenvalue weighted by Gasteiger charge is 2.16. The molecule has 0 saturated heterocycles. The summed E-state index contributed by atoms with van der Waals surface area (Å²) >= 11 is 0. The molecule has 5 heteroatoms. The number of nitriles is 1. The van der Waals surface area contributed by atoms with E-state index < -0.39 is 0 Å². The van der Waals surface area contributed by atoms with Gasteiger partial charge in [0.05, 0.1) is 11.6 Å². The van der Waals surface area contributed by atoms with E-state index in [9.17, 15) is 4.79 Å². The normalized spacial score (nSPS) is 11.8. The van der Waals surface area contributed by atoms with Gasteiger partial charge in [-0.2, -0.15) is 5.26 Å². The van der Waals surface area contributed by atoms with E-state index in [2.05, 4.69) is 10.3 Å². The zero-order valence-corrected chi connectivity index (χ0v) is 11.9. The van der Waals surface area contributed by atoms with E-state index in [0.29, 0.717) is 22.6 Å². The minimum Gasteiger partial charge on any atom is -0.438 e. The summed E-state index contributed by atoms with van der Waals surface area (Å²) in [5.41, 5.74) is 2.32. The predicted octanol–water partition coefficient (Wildman–Crippen LogP) is 3.19. The fraction of sp³-hybridized carbons (Fsp3) is 0.118. The number of amides is 1. The zero-order chi connectivity index (χ0) is 15.5. The van der Waals surface area contributed by atoms with Crippen LogP contribution in [0.25, 0.3) is 11.1 Å². The maximum atomic E-state index is 12.2. The number of nitrogens with zero attached hydrogens (tertiary/aromatic N) is 2. The first-order valence-electron chi connectivity index (χ1n) is 6.84. The standard InChI is InChI=1S/C17H13N3O2/c1-11(17-20-14-7-2-3-8-15(14)22-17)19-16(21)13-6-4-5-12(9-13)10-18/h2-9,11H,1H3,(H,19,21). The Kier molecular flexibility index (Phi) is 3.58. The van der Waals surface area contributed by atoms with Crippen LogP contribution in [-0.4, -0.2) is 10.9 Å². The zero-order valence-electron chi connectivity index (χ0n) is 11.9. The third-order valence-corrected chi connectivity index (χ3v) is 3.28. The molecule has 1 amide bonds. The molecule has 0 radical (unpaired) electrons. The summed E-state index contributed by atoms with van der Waals surface area (Å²) in [6.45, 7) is 1.80. The average molecular weight is 291 g/mol. The summed E-state index contributed by atoms with van der Waals surface area (Å²) < 4.78 is 5.63. The van der Waals surface area contributed by atoms with E-state index in [-0.39, 0.29) is 11.9 Å². The number of carbonyl (C=O) groups is 1. The molecule has 0 aliphatic rings. The second-order valence-corrected chi connectivity index (χ2v) is 4.91. The van der Waals surface area contributed by atoms with Gasteiger partial charge < -0.3 is 9.73 Å². The Balaban J connectivity index is 1.79. The van der Waals surface area contributed by atoms with Gasteiger partial charge in [-0.05, 0) is 37.3 Å². The first-order valence-corrected chi connectivity index (χ1v) is 6.84. The lowest BCUT2D eigenvalue weighted by atomic mass is 10.1. The fourth-order valence-corrected chi connectivity index (χ4v) is 2.15. The van der Waals surface area contributed by atoms with Crippen LogP contribution in [0.2, 0.25) is 0 Å². The molecule has 1 N–H and O–H groups in total. The molecule has 22 heavy (non-hydrogen) atoms. The lowest BCUT2D eigenvalue weighted by Gasteiger charge is -2.10. The van der Waals surface area contributed by atoms with Crippen LogP contribution in [0, 0.1) is 11.3 Å². The van der Waals surface area contributed by atoms with Gasteiger partial charge >= 0.3 is 0 Å². The molecule has 1 aromatic heterocycles. The van der Waals surface area contributed by atoms with E-state index in [1.165, 1.54) is 0 Å². The number of oxazole rings is 1. The van der Waals surface area contributed by atoms with Gasteiger partial charge in [-0.25, -0.2) is 4.98 Å². The number of aromatic nitrogens is 1. The monoisotopic (exact) mass is 291 g/mol. The number of hydrogen-bond acceptors (Lipinski definition) is 4. The van der Waals surface area contributed by atoms with Crippen LogP contribution in [-0.2, 0) is 0 Å². The van der Waals surface area contributed by atoms with E-state index in [1.54, 1.807) is 31.2 Å². The van der Waals surface area contributed by atoms with Crippen LogP contribution in [0.4, 0.5) is 0 Å². The molecule has 0 aliphatic heterocycles. The third kappa shape index (κ3) is 2.67. The summed E-state index contributed by atoms with van der Waals surface area (Å²) in [4.78, 5) is 16.6. The molecular formula is C17H13N3O2. The Bertz CT molecular complexity index is 844. The largest absolute Gasteiger partial charge is 0.438 e. The van der Waals surface area contributed by atoms with Crippen molar-refractivity contribution < 1.29 is 9.21 Å². The van der Waals surface area contributed by atoms with Gasteiger partial charge in [0.15, 0.2) is 5.58 Å². The Morgan fingerprint density at radius 1 is 1.27 bits per heavy atom.